The van der Waals surface area contributed by atoms with Crippen LogP contribution in [-0.4, -0.2) is 37.9 Å². The highest BCUT2D eigenvalue weighted by Crippen LogP contribution is 2.29. The summed E-state index contributed by atoms with van der Waals surface area (Å²) in [6, 6.07) is 8.55. The van der Waals surface area contributed by atoms with Crippen molar-refractivity contribution in [2.24, 2.45) is 0 Å². The van der Waals surface area contributed by atoms with Crippen LogP contribution in [0.25, 0.3) is 11.7 Å². The third-order valence-corrected chi connectivity index (χ3v) is 4.90. The molecule has 1 aliphatic heterocycles. The molecule has 8 nitrogen and oxygen atoms in total. The number of para-hydroxylation sites is 1. The zero-order chi connectivity index (χ0) is 20.0. The van der Waals surface area contributed by atoms with Gasteiger partial charge in [0.2, 0.25) is 5.91 Å². The highest BCUT2D eigenvalue weighted by molar-refractivity contribution is 6.00. The average molecular weight is 394 g/mol. The van der Waals surface area contributed by atoms with Gasteiger partial charge in [-0.3, -0.25) is 4.79 Å². The first-order valence-corrected chi connectivity index (χ1v) is 9.43. The van der Waals surface area contributed by atoms with Gasteiger partial charge in [0.05, 0.1) is 11.9 Å². The molecule has 1 saturated carbocycles. The van der Waals surface area contributed by atoms with Crippen molar-refractivity contribution in [2.75, 3.05) is 10.6 Å². The second-order valence-electron chi connectivity index (χ2n) is 7.25. The van der Waals surface area contributed by atoms with Gasteiger partial charge in [-0.05, 0) is 31.1 Å². The van der Waals surface area contributed by atoms with Crippen molar-refractivity contribution >= 4 is 35.0 Å². The van der Waals surface area contributed by atoms with E-state index >= 15 is 0 Å². The summed E-state index contributed by atoms with van der Waals surface area (Å²) in [5.41, 5.74) is 1.94. The van der Waals surface area contributed by atoms with Crippen molar-refractivity contribution in [3.63, 3.8) is 0 Å². The summed E-state index contributed by atoms with van der Waals surface area (Å²) in [7, 11) is 0. The maximum atomic E-state index is 14.1. The molecule has 0 radical (unpaired) electrons. The molecular formula is C20H19FN6O2. The topological polar surface area (TPSA) is 104 Å². The van der Waals surface area contributed by atoms with Gasteiger partial charge in [0.15, 0.2) is 5.65 Å². The Labute approximate surface area is 165 Å². The van der Waals surface area contributed by atoms with E-state index in [4.69, 9.17) is 0 Å². The largest absolute Gasteiger partial charge is 0.373 e. The molecule has 1 aromatic carbocycles. The number of nitrogens with one attached hydrogen (secondary N) is 3. The second-order valence-corrected chi connectivity index (χ2v) is 7.25. The van der Waals surface area contributed by atoms with Gasteiger partial charge in [-0.1, -0.05) is 12.1 Å². The number of fused-ring (bicyclic) bond motifs is 1. The summed E-state index contributed by atoms with van der Waals surface area (Å²) in [5.74, 6) is 0.505. The van der Waals surface area contributed by atoms with E-state index in [0.29, 0.717) is 34.3 Å². The van der Waals surface area contributed by atoms with E-state index in [1.54, 1.807) is 41.1 Å². The predicted molar refractivity (Wildman–Crippen MR) is 106 cm³/mol. The van der Waals surface area contributed by atoms with Gasteiger partial charge in [0.1, 0.15) is 23.7 Å². The molecule has 5 rings (SSSR count). The van der Waals surface area contributed by atoms with Gasteiger partial charge < -0.3 is 21.1 Å². The van der Waals surface area contributed by atoms with Crippen molar-refractivity contribution in [3.05, 3.63) is 53.5 Å². The van der Waals surface area contributed by atoms with Crippen LogP contribution in [0.5, 0.6) is 0 Å². The molecule has 1 atom stereocenters. The standard InChI is InChI=1S/C20H19FN6O2/c21-14-3-1-2-4-15(14)24-16-9-17(23-13-5-6-13)27-19(25-16)12(10-22-27)7-11-8-18(28)26-20(11)29/h1-4,7,9-10,13,18,23,28H,5-6,8H2,(H,24,25)(H,26,29)/b11-7+. The Hall–Kier alpha value is -3.46. The van der Waals surface area contributed by atoms with Gasteiger partial charge in [0.25, 0.3) is 0 Å². The number of amides is 1. The fraction of sp³-hybridized carbons (Fsp3) is 0.250. The third-order valence-electron chi connectivity index (χ3n) is 4.90. The van der Waals surface area contributed by atoms with Crippen molar-refractivity contribution in [1.29, 1.82) is 0 Å². The van der Waals surface area contributed by atoms with Crippen molar-refractivity contribution < 1.29 is 14.3 Å². The van der Waals surface area contributed by atoms with Crippen LogP contribution in [0.15, 0.2) is 42.1 Å². The fourth-order valence-corrected chi connectivity index (χ4v) is 3.29. The van der Waals surface area contributed by atoms with Crippen LogP contribution in [0.1, 0.15) is 24.8 Å². The van der Waals surface area contributed by atoms with Crippen LogP contribution in [0, 0.1) is 5.82 Å². The van der Waals surface area contributed by atoms with Crippen LogP contribution in [0.3, 0.4) is 0 Å². The van der Waals surface area contributed by atoms with E-state index in [0.717, 1.165) is 18.7 Å². The van der Waals surface area contributed by atoms with Crippen LogP contribution in [0.2, 0.25) is 0 Å². The number of hydrogen-bond acceptors (Lipinski definition) is 6. The lowest BCUT2D eigenvalue weighted by molar-refractivity contribution is -0.117. The number of hydrogen-bond donors (Lipinski definition) is 4. The summed E-state index contributed by atoms with van der Waals surface area (Å²) in [6.07, 6.45) is 4.80. The summed E-state index contributed by atoms with van der Waals surface area (Å²) >= 11 is 0. The Balaban J connectivity index is 1.58. The molecule has 0 bridgehead atoms. The van der Waals surface area contributed by atoms with Crippen molar-refractivity contribution in [2.45, 2.75) is 31.5 Å². The Bertz CT molecular complexity index is 1140. The summed E-state index contributed by atoms with van der Waals surface area (Å²) in [5, 5.41) is 22.9. The predicted octanol–water partition coefficient (Wildman–Crippen LogP) is 2.41. The molecule has 0 spiro atoms. The minimum Gasteiger partial charge on any atom is -0.373 e. The highest BCUT2D eigenvalue weighted by Gasteiger charge is 2.26. The van der Waals surface area contributed by atoms with Gasteiger partial charge in [-0.25, -0.2) is 9.37 Å². The number of aliphatic hydroxyl groups excluding tert-OH is 1. The maximum absolute atomic E-state index is 14.1. The van der Waals surface area contributed by atoms with E-state index in [-0.39, 0.29) is 18.1 Å². The number of aliphatic hydroxyl groups is 1. The van der Waals surface area contributed by atoms with E-state index in [1.807, 2.05) is 0 Å². The molecule has 2 aliphatic rings. The highest BCUT2D eigenvalue weighted by atomic mass is 19.1. The number of carbonyl (C=O) groups is 1. The fourth-order valence-electron chi connectivity index (χ4n) is 3.29. The lowest BCUT2D eigenvalue weighted by atomic mass is 10.1. The molecule has 2 fully saturated rings. The van der Waals surface area contributed by atoms with Gasteiger partial charge in [0, 0.05) is 29.7 Å². The molecule has 1 amide bonds. The smallest absolute Gasteiger partial charge is 0.249 e. The first kappa shape index (κ1) is 17.6. The molecule has 148 valence electrons. The quantitative estimate of drug-likeness (QED) is 0.496. The lowest BCUT2D eigenvalue weighted by Crippen LogP contribution is -2.24. The monoisotopic (exact) mass is 394 g/mol. The zero-order valence-electron chi connectivity index (χ0n) is 15.4. The molecule has 2 aromatic heterocycles. The van der Waals surface area contributed by atoms with Gasteiger partial charge in [-0.2, -0.15) is 9.61 Å². The van der Waals surface area contributed by atoms with Gasteiger partial charge >= 0.3 is 0 Å². The summed E-state index contributed by atoms with van der Waals surface area (Å²) < 4.78 is 15.7. The summed E-state index contributed by atoms with van der Waals surface area (Å²) in [6.45, 7) is 0. The van der Waals surface area contributed by atoms with Crippen LogP contribution in [0.4, 0.5) is 21.7 Å². The number of nitrogens with zero attached hydrogens (tertiary/aromatic N) is 3. The molecular weight excluding hydrogens is 375 g/mol. The Morgan fingerprint density at radius 3 is 2.86 bits per heavy atom. The number of halogens is 1. The van der Waals surface area contributed by atoms with E-state index in [2.05, 4.69) is 26.0 Å². The third kappa shape index (κ3) is 3.52. The van der Waals surface area contributed by atoms with E-state index < -0.39 is 6.23 Å². The van der Waals surface area contributed by atoms with E-state index in [1.165, 1.54) is 6.07 Å². The van der Waals surface area contributed by atoms with Crippen molar-refractivity contribution in [1.82, 2.24) is 19.9 Å². The van der Waals surface area contributed by atoms with Crippen LogP contribution in [-0.2, 0) is 4.79 Å². The molecule has 9 heteroatoms. The molecule has 29 heavy (non-hydrogen) atoms. The molecule has 1 saturated heterocycles. The van der Waals surface area contributed by atoms with Crippen LogP contribution < -0.4 is 16.0 Å². The normalized spacial score (nSPS) is 20.3. The molecule has 3 heterocycles. The summed E-state index contributed by atoms with van der Waals surface area (Å²) in [4.78, 5) is 16.5. The Morgan fingerprint density at radius 1 is 1.31 bits per heavy atom. The van der Waals surface area contributed by atoms with Gasteiger partial charge in [-0.15, -0.1) is 0 Å². The second kappa shape index (κ2) is 6.85. The van der Waals surface area contributed by atoms with E-state index in [9.17, 15) is 14.3 Å². The number of aromatic nitrogens is 3. The Kier molecular flexibility index (Phi) is 4.17. The first-order chi connectivity index (χ1) is 14.1. The Morgan fingerprint density at radius 2 is 2.14 bits per heavy atom. The average Bonchev–Trinajstić information content (AvgIpc) is 3.33. The molecule has 3 aromatic rings. The minimum atomic E-state index is -0.881. The van der Waals surface area contributed by atoms with Crippen molar-refractivity contribution in [3.8, 4) is 0 Å². The SMILES string of the molecule is O=C1NC(O)C/C1=C\c1cnn2c(NC3CC3)cc(Nc3ccccc3F)nc12. The number of anilines is 3. The minimum absolute atomic E-state index is 0.219. The zero-order valence-corrected chi connectivity index (χ0v) is 15.4. The number of rotatable bonds is 5. The lowest BCUT2D eigenvalue weighted by Gasteiger charge is -2.12. The maximum Gasteiger partial charge on any atom is 0.249 e. The number of carbonyl (C=O) groups excluding carboxylic acids is 1. The molecule has 1 aliphatic carbocycles. The molecule has 1 unspecified atom stereocenters. The number of benzene rings is 1. The first-order valence-electron chi connectivity index (χ1n) is 9.43. The molecule has 4 N–H and O–H groups in total. The van der Waals surface area contributed by atoms with Crippen LogP contribution >= 0.6 is 0 Å².